The minimum absolute atomic E-state index is 0.0582. The molecular formula is C23H25IN2O2S. The zero-order valence-corrected chi connectivity index (χ0v) is 20.3. The Kier molecular flexibility index (Phi) is 9.90. The monoisotopic (exact) mass is 520 g/mol. The highest BCUT2D eigenvalue weighted by atomic mass is 127. The summed E-state index contributed by atoms with van der Waals surface area (Å²) >= 11 is 2.09. The van der Waals surface area contributed by atoms with Crippen molar-refractivity contribution >= 4 is 41.7 Å². The Hall–Kier alpha value is -1.82. The number of nitrogens with zero attached hydrogens (tertiary/aromatic N) is 2. The highest BCUT2D eigenvalue weighted by Crippen LogP contribution is 2.54. The first-order chi connectivity index (χ1) is 14.0. The molecule has 0 aromatic carbocycles. The summed E-state index contributed by atoms with van der Waals surface area (Å²) in [5.74, 6) is 2.40. The summed E-state index contributed by atoms with van der Waals surface area (Å²) in [5, 5.41) is 21.6. The Morgan fingerprint density at radius 2 is 1.76 bits per heavy atom. The van der Waals surface area contributed by atoms with Gasteiger partial charge in [-0.05, 0) is 50.7 Å². The number of carbonyl (C=O) groups excluding carboxylic acids is 2. The Morgan fingerprint density at radius 1 is 1.14 bits per heavy atom. The molecule has 29 heavy (non-hydrogen) atoms. The maximum atomic E-state index is 12.3. The average Bonchev–Trinajstić information content (AvgIpc) is 2.77. The van der Waals surface area contributed by atoms with Gasteiger partial charge in [0.05, 0.1) is 16.6 Å². The van der Waals surface area contributed by atoms with E-state index in [1.807, 2.05) is 46.8 Å². The summed E-state index contributed by atoms with van der Waals surface area (Å²) in [7, 11) is 1.35. The minimum atomic E-state index is -0.671. The molecule has 3 rings (SSSR count). The molecule has 0 aliphatic heterocycles. The van der Waals surface area contributed by atoms with Crippen molar-refractivity contribution in [1.82, 2.24) is 0 Å². The number of hydrogen-bond donors (Lipinski definition) is 0. The smallest absolute Gasteiger partial charge is 0.196 e. The van der Waals surface area contributed by atoms with Gasteiger partial charge in [0.15, 0.2) is 11.6 Å². The molecule has 0 bridgehead atoms. The molecule has 0 aromatic rings. The summed E-state index contributed by atoms with van der Waals surface area (Å²) in [6.07, 6.45) is 6.31. The van der Waals surface area contributed by atoms with E-state index in [1.165, 1.54) is 15.0 Å². The van der Waals surface area contributed by atoms with Crippen LogP contribution in [-0.2, 0) is 9.59 Å². The third kappa shape index (κ3) is 4.85. The number of carbonyl (C=O) groups is 2. The fourth-order valence-corrected chi connectivity index (χ4v) is 4.65. The van der Waals surface area contributed by atoms with E-state index < -0.39 is 5.41 Å². The Bertz CT molecular complexity index is 908. The van der Waals surface area contributed by atoms with Gasteiger partial charge in [0.2, 0.25) is 0 Å². The second-order valence-electron chi connectivity index (χ2n) is 6.48. The Morgan fingerprint density at radius 3 is 2.31 bits per heavy atom. The van der Waals surface area contributed by atoms with Crippen LogP contribution < -0.4 is 0 Å². The number of fused-ring (bicyclic) bond motifs is 3. The van der Waals surface area contributed by atoms with Crippen LogP contribution in [-0.4, -0.2) is 11.6 Å². The fourth-order valence-electron chi connectivity index (χ4n) is 4.10. The van der Waals surface area contributed by atoms with Gasteiger partial charge in [0.1, 0.15) is 12.1 Å². The lowest BCUT2D eigenvalue weighted by Gasteiger charge is -2.46. The van der Waals surface area contributed by atoms with Gasteiger partial charge in [-0.3, -0.25) is 9.59 Å². The highest BCUT2D eigenvalue weighted by Gasteiger charge is 2.49. The molecule has 0 spiro atoms. The zero-order valence-electron chi connectivity index (χ0n) is 17.4. The van der Waals surface area contributed by atoms with E-state index in [2.05, 4.69) is 32.4 Å². The SMILES string of the molecule is CC.CC.CC1C(=O)C(C#N)=CC2C3=CC(=O)C(C#N)=CC3(C#CSI)CCC12. The third-order valence-electron chi connectivity index (χ3n) is 5.37. The molecule has 0 aromatic heterocycles. The standard InChI is InChI=1S/C19H13IN2O2S.2C2H6/c1-11-14-2-3-19(4-5-25-20)8-13(10-22)17(23)7-16(19)15(14)6-12(9-21)18(11)24;2*1-2/h6-8,11,14-15H,2-3H2,1H3;2*1-2H3. The topological polar surface area (TPSA) is 81.7 Å². The van der Waals surface area contributed by atoms with E-state index in [1.54, 1.807) is 12.2 Å². The second kappa shape index (κ2) is 11.4. The lowest BCUT2D eigenvalue weighted by atomic mass is 9.55. The average molecular weight is 520 g/mol. The van der Waals surface area contributed by atoms with Crippen molar-refractivity contribution in [1.29, 1.82) is 10.5 Å². The van der Waals surface area contributed by atoms with Gasteiger partial charge in [-0.15, -0.1) is 0 Å². The molecule has 0 heterocycles. The van der Waals surface area contributed by atoms with Gasteiger partial charge in [0.25, 0.3) is 0 Å². The second-order valence-corrected chi connectivity index (χ2v) is 8.16. The van der Waals surface area contributed by atoms with E-state index >= 15 is 0 Å². The predicted octanol–water partition coefficient (Wildman–Crippen LogP) is 5.72. The van der Waals surface area contributed by atoms with Gasteiger partial charge in [-0.2, -0.15) is 10.5 Å². The molecule has 1 saturated carbocycles. The van der Waals surface area contributed by atoms with Crippen LogP contribution in [0.1, 0.15) is 47.5 Å². The summed E-state index contributed by atoms with van der Waals surface area (Å²) in [6, 6.07) is 3.95. The maximum absolute atomic E-state index is 12.3. The van der Waals surface area contributed by atoms with Crippen LogP contribution in [0.3, 0.4) is 0 Å². The lowest BCUT2D eigenvalue weighted by molar-refractivity contribution is -0.121. The fraction of sp³-hybridized carbons (Fsp3) is 0.478. The predicted molar refractivity (Wildman–Crippen MR) is 125 cm³/mol. The van der Waals surface area contributed by atoms with E-state index in [4.69, 9.17) is 0 Å². The van der Waals surface area contributed by atoms with Crippen LogP contribution >= 0.6 is 30.1 Å². The van der Waals surface area contributed by atoms with Crippen molar-refractivity contribution in [2.75, 3.05) is 0 Å². The van der Waals surface area contributed by atoms with Crippen LogP contribution in [0.15, 0.2) is 34.9 Å². The van der Waals surface area contributed by atoms with Gasteiger partial charge in [0, 0.05) is 33.0 Å². The van der Waals surface area contributed by atoms with Crippen LogP contribution in [0.5, 0.6) is 0 Å². The van der Waals surface area contributed by atoms with Gasteiger partial charge >= 0.3 is 0 Å². The molecule has 3 aliphatic rings. The molecule has 0 N–H and O–H groups in total. The largest absolute Gasteiger partial charge is 0.293 e. The van der Waals surface area contributed by atoms with Gasteiger partial charge in [-0.1, -0.05) is 46.6 Å². The molecule has 0 amide bonds. The zero-order chi connectivity index (χ0) is 22.2. The molecule has 1 fully saturated rings. The van der Waals surface area contributed by atoms with Crippen molar-refractivity contribution in [3.8, 4) is 23.3 Å². The maximum Gasteiger partial charge on any atom is 0.196 e. The molecule has 152 valence electrons. The normalized spacial score (nSPS) is 29.1. The van der Waals surface area contributed by atoms with Crippen LogP contribution in [0.25, 0.3) is 0 Å². The van der Waals surface area contributed by atoms with E-state index in [-0.39, 0.29) is 40.5 Å². The van der Waals surface area contributed by atoms with E-state index in [0.29, 0.717) is 6.42 Å². The molecule has 3 aliphatic carbocycles. The summed E-state index contributed by atoms with van der Waals surface area (Å²) < 4.78 is 0. The van der Waals surface area contributed by atoms with Crippen LogP contribution in [0.2, 0.25) is 0 Å². The molecular weight excluding hydrogens is 495 g/mol. The summed E-state index contributed by atoms with van der Waals surface area (Å²) in [6.45, 7) is 9.85. The molecule has 0 saturated heterocycles. The Labute approximate surface area is 190 Å². The summed E-state index contributed by atoms with van der Waals surface area (Å²) in [5.41, 5.74) is 0.413. The molecule has 0 radical (unpaired) electrons. The third-order valence-corrected chi connectivity index (χ3v) is 6.21. The first-order valence-corrected chi connectivity index (χ1v) is 13.2. The number of rotatable bonds is 0. The quantitative estimate of drug-likeness (QED) is 0.301. The minimum Gasteiger partial charge on any atom is -0.293 e. The van der Waals surface area contributed by atoms with Crippen molar-refractivity contribution in [3.05, 3.63) is 34.9 Å². The molecule has 4 nitrogen and oxygen atoms in total. The number of nitriles is 2. The molecule has 4 unspecified atom stereocenters. The van der Waals surface area contributed by atoms with Crippen LogP contribution in [0, 0.1) is 57.0 Å². The summed E-state index contributed by atoms with van der Waals surface area (Å²) in [4.78, 5) is 24.6. The first-order valence-electron chi connectivity index (χ1n) is 9.82. The van der Waals surface area contributed by atoms with Gasteiger partial charge in [-0.25, -0.2) is 0 Å². The van der Waals surface area contributed by atoms with Crippen molar-refractivity contribution in [2.45, 2.75) is 47.5 Å². The van der Waals surface area contributed by atoms with Crippen LogP contribution in [0.4, 0.5) is 0 Å². The lowest BCUT2D eigenvalue weighted by Crippen LogP contribution is -2.43. The number of Topliss-reactive ketones (excluding diaryl/α,β-unsaturated/α-hetero) is 1. The number of allylic oxidation sites excluding steroid dienone is 6. The van der Waals surface area contributed by atoms with Crippen molar-refractivity contribution in [2.24, 2.45) is 23.2 Å². The number of halogens is 1. The highest BCUT2D eigenvalue weighted by molar-refractivity contribution is 14.2. The van der Waals surface area contributed by atoms with Crippen molar-refractivity contribution < 1.29 is 9.59 Å². The van der Waals surface area contributed by atoms with Gasteiger partial charge < -0.3 is 0 Å². The van der Waals surface area contributed by atoms with Crippen molar-refractivity contribution in [3.63, 3.8) is 0 Å². The number of hydrogen-bond acceptors (Lipinski definition) is 5. The van der Waals surface area contributed by atoms with E-state index in [9.17, 15) is 20.1 Å². The molecule has 6 heteroatoms. The number of ketones is 2. The first kappa shape index (κ1) is 25.2. The Balaban J connectivity index is 0.000000989. The van der Waals surface area contributed by atoms with E-state index in [0.717, 1.165) is 12.0 Å². The molecule has 4 atom stereocenters.